The van der Waals surface area contributed by atoms with Gasteiger partial charge in [-0.25, -0.2) is 0 Å². The second kappa shape index (κ2) is 4.26. The van der Waals surface area contributed by atoms with E-state index in [1.165, 1.54) is 10.4 Å². The van der Waals surface area contributed by atoms with Crippen molar-refractivity contribution in [3.8, 4) is 0 Å². The van der Waals surface area contributed by atoms with Crippen LogP contribution in [-0.4, -0.2) is 22.2 Å². The SMILES string of the molecule is CC(Br)C(=O)N1CCc2sccc2C1C. The van der Waals surface area contributed by atoms with E-state index in [0.29, 0.717) is 0 Å². The van der Waals surface area contributed by atoms with Crippen molar-refractivity contribution in [1.29, 1.82) is 0 Å². The molecule has 2 atom stereocenters. The Morgan fingerprint density at radius 3 is 3.13 bits per heavy atom. The molecule has 1 aromatic rings. The normalized spacial score (nSPS) is 22.3. The second-order valence-corrected chi connectivity index (χ2v) is 6.25. The van der Waals surface area contributed by atoms with Crippen LogP contribution in [-0.2, 0) is 11.2 Å². The van der Waals surface area contributed by atoms with Gasteiger partial charge in [-0.3, -0.25) is 4.79 Å². The lowest BCUT2D eigenvalue weighted by molar-refractivity contribution is -0.132. The lowest BCUT2D eigenvalue weighted by atomic mass is 10.0. The largest absolute Gasteiger partial charge is 0.335 e. The average Bonchev–Trinajstić information content (AvgIpc) is 2.66. The van der Waals surface area contributed by atoms with Crippen LogP contribution in [0.25, 0.3) is 0 Å². The summed E-state index contributed by atoms with van der Waals surface area (Å²) in [5.74, 6) is 0.194. The minimum atomic E-state index is -0.0832. The number of rotatable bonds is 1. The Bertz CT molecular complexity index is 374. The fourth-order valence-electron chi connectivity index (χ4n) is 2.04. The molecule has 0 saturated heterocycles. The van der Waals surface area contributed by atoms with Crippen molar-refractivity contribution in [2.75, 3.05) is 6.54 Å². The van der Waals surface area contributed by atoms with E-state index in [0.717, 1.165) is 13.0 Å². The summed E-state index contributed by atoms with van der Waals surface area (Å²) >= 11 is 5.15. The Morgan fingerprint density at radius 1 is 1.73 bits per heavy atom. The van der Waals surface area contributed by atoms with Crippen molar-refractivity contribution in [1.82, 2.24) is 4.90 Å². The molecule has 2 nitrogen and oxygen atoms in total. The van der Waals surface area contributed by atoms with Crippen molar-refractivity contribution < 1.29 is 4.79 Å². The van der Waals surface area contributed by atoms with Crippen LogP contribution in [0.1, 0.15) is 30.3 Å². The monoisotopic (exact) mass is 287 g/mol. The van der Waals surface area contributed by atoms with E-state index in [1.54, 1.807) is 11.3 Å². The summed E-state index contributed by atoms with van der Waals surface area (Å²) in [6, 6.07) is 2.37. The summed E-state index contributed by atoms with van der Waals surface area (Å²) in [6.07, 6.45) is 1.00. The van der Waals surface area contributed by atoms with Crippen molar-refractivity contribution >= 4 is 33.2 Å². The number of thiophene rings is 1. The van der Waals surface area contributed by atoms with Gasteiger partial charge >= 0.3 is 0 Å². The van der Waals surface area contributed by atoms with E-state index in [9.17, 15) is 4.79 Å². The number of hydrogen-bond donors (Lipinski definition) is 0. The number of carbonyl (C=O) groups excluding carboxylic acids is 1. The summed E-state index contributed by atoms with van der Waals surface area (Å²) in [6.45, 7) is 4.85. The van der Waals surface area contributed by atoms with Gasteiger partial charge < -0.3 is 4.90 Å². The fourth-order valence-corrected chi connectivity index (χ4v) is 3.26. The molecular formula is C11H14BrNOS. The molecule has 0 fully saturated rings. The summed E-state index contributed by atoms with van der Waals surface area (Å²) < 4.78 is 0. The molecule has 1 aliphatic rings. The highest BCUT2D eigenvalue weighted by molar-refractivity contribution is 9.10. The zero-order chi connectivity index (χ0) is 11.0. The molecule has 4 heteroatoms. The molecule has 0 saturated carbocycles. The first-order valence-electron chi connectivity index (χ1n) is 5.12. The first kappa shape index (κ1) is 11.1. The molecule has 0 spiro atoms. The third-order valence-electron chi connectivity index (χ3n) is 2.90. The maximum Gasteiger partial charge on any atom is 0.236 e. The highest BCUT2D eigenvalue weighted by Crippen LogP contribution is 2.33. The highest BCUT2D eigenvalue weighted by Gasteiger charge is 2.29. The Labute approximate surface area is 102 Å². The first-order chi connectivity index (χ1) is 7.11. The molecule has 0 N–H and O–H groups in total. The molecule has 0 aliphatic carbocycles. The molecule has 0 aromatic carbocycles. The highest BCUT2D eigenvalue weighted by atomic mass is 79.9. The summed E-state index contributed by atoms with van der Waals surface area (Å²) in [4.78, 5) is 15.2. The van der Waals surface area contributed by atoms with Crippen LogP contribution in [0.4, 0.5) is 0 Å². The lowest BCUT2D eigenvalue weighted by Crippen LogP contribution is -2.41. The number of halogens is 1. The molecule has 2 unspecified atom stereocenters. The Balaban J connectivity index is 2.23. The molecule has 82 valence electrons. The molecule has 0 bridgehead atoms. The van der Waals surface area contributed by atoms with Crippen LogP contribution in [0, 0.1) is 0 Å². The summed E-state index contributed by atoms with van der Waals surface area (Å²) in [5.41, 5.74) is 1.33. The zero-order valence-corrected chi connectivity index (χ0v) is 11.3. The standard InChI is InChI=1S/C11H14BrNOS/c1-7(12)11(14)13-5-3-10-9(8(13)2)4-6-15-10/h4,6-8H,3,5H2,1-2H3. The number of carbonyl (C=O) groups is 1. The zero-order valence-electron chi connectivity index (χ0n) is 8.87. The number of hydrogen-bond acceptors (Lipinski definition) is 2. The van der Waals surface area contributed by atoms with Gasteiger partial charge in [0.15, 0.2) is 0 Å². The Hall–Kier alpha value is -0.350. The van der Waals surface area contributed by atoms with E-state index in [1.807, 2.05) is 11.8 Å². The molecule has 1 amide bonds. The maximum atomic E-state index is 11.9. The van der Waals surface area contributed by atoms with Crippen molar-refractivity contribution in [3.63, 3.8) is 0 Å². The molecule has 15 heavy (non-hydrogen) atoms. The topological polar surface area (TPSA) is 20.3 Å². The third-order valence-corrected chi connectivity index (χ3v) is 4.29. The number of alkyl halides is 1. The minimum absolute atomic E-state index is 0.0832. The third kappa shape index (κ3) is 1.97. The van der Waals surface area contributed by atoms with Gasteiger partial charge in [0.1, 0.15) is 0 Å². The van der Waals surface area contributed by atoms with Gasteiger partial charge in [-0.15, -0.1) is 11.3 Å². The molecule has 1 aromatic heterocycles. The van der Waals surface area contributed by atoms with E-state index in [-0.39, 0.29) is 16.8 Å². The van der Waals surface area contributed by atoms with E-state index < -0.39 is 0 Å². The summed E-state index contributed by atoms with van der Waals surface area (Å²) in [5, 5.41) is 2.12. The van der Waals surface area contributed by atoms with Crippen molar-refractivity contribution in [2.45, 2.75) is 31.1 Å². The first-order valence-corrected chi connectivity index (χ1v) is 6.91. The maximum absolute atomic E-state index is 11.9. The van der Waals surface area contributed by atoms with E-state index in [4.69, 9.17) is 0 Å². The molecular weight excluding hydrogens is 274 g/mol. The van der Waals surface area contributed by atoms with Gasteiger partial charge in [0.25, 0.3) is 0 Å². The van der Waals surface area contributed by atoms with Crippen LogP contribution in [0.2, 0.25) is 0 Å². The van der Waals surface area contributed by atoms with Gasteiger partial charge in [-0.05, 0) is 37.3 Å². The molecule has 2 heterocycles. The molecule has 2 rings (SSSR count). The number of nitrogens with zero attached hydrogens (tertiary/aromatic N) is 1. The van der Waals surface area contributed by atoms with Crippen molar-refractivity contribution in [3.05, 3.63) is 21.9 Å². The smallest absolute Gasteiger partial charge is 0.236 e. The Morgan fingerprint density at radius 2 is 2.47 bits per heavy atom. The van der Waals surface area contributed by atoms with Gasteiger partial charge in [0, 0.05) is 11.4 Å². The predicted octanol–water partition coefficient (Wildman–Crippen LogP) is 2.98. The van der Waals surface area contributed by atoms with Crippen LogP contribution < -0.4 is 0 Å². The average molecular weight is 288 g/mol. The van der Waals surface area contributed by atoms with Gasteiger partial charge in [-0.2, -0.15) is 0 Å². The number of fused-ring (bicyclic) bond motifs is 1. The van der Waals surface area contributed by atoms with Crippen LogP contribution >= 0.6 is 27.3 Å². The number of amides is 1. The molecule has 0 radical (unpaired) electrons. The minimum Gasteiger partial charge on any atom is -0.335 e. The van der Waals surface area contributed by atoms with E-state index in [2.05, 4.69) is 34.3 Å². The van der Waals surface area contributed by atoms with Crippen molar-refractivity contribution in [2.24, 2.45) is 0 Å². The van der Waals surface area contributed by atoms with Gasteiger partial charge in [0.05, 0.1) is 10.9 Å². The lowest BCUT2D eigenvalue weighted by Gasteiger charge is -2.34. The Kier molecular flexibility index (Phi) is 3.16. The van der Waals surface area contributed by atoms with Gasteiger partial charge in [0.2, 0.25) is 5.91 Å². The fraction of sp³-hybridized carbons (Fsp3) is 0.545. The van der Waals surface area contributed by atoms with Crippen LogP contribution in [0.15, 0.2) is 11.4 Å². The van der Waals surface area contributed by atoms with Gasteiger partial charge in [-0.1, -0.05) is 15.9 Å². The molecule has 1 aliphatic heterocycles. The van der Waals surface area contributed by atoms with Crippen LogP contribution in [0.5, 0.6) is 0 Å². The quantitative estimate of drug-likeness (QED) is 0.728. The summed E-state index contributed by atoms with van der Waals surface area (Å²) in [7, 11) is 0. The predicted molar refractivity (Wildman–Crippen MR) is 66.5 cm³/mol. The van der Waals surface area contributed by atoms with E-state index >= 15 is 0 Å². The van der Waals surface area contributed by atoms with Crippen LogP contribution in [0.3, 0.4) is 0 Å². The second-order valence-electron chi connectivity index (χ2n) is 3.87.